The van der Waals surface area contributed by atoms with Gasteiger partial charge in [-0.3, -0.25) is 0 Å². The molecule has 0 N–H and O–H groups in total. The van der Waals surface area contributed by atoms with Crippen LogP contribution in [0.5, 0.6) is 0 Å². The lowest BCUT2D eigenvalue weighted by molar-refractivity contribution is -0.0178. The number of benzene rings is 1. The molecule has 0 amide bonds. The highest BCUT2D eigenvalue weighted by molar-refractivity contribution is 5.89. The van der Waals surface area contributed by atoms with Crippen LogP contribution in [0, 0.1) is 5.41 Å². The SMILES string of the molecule is C=Cc1ccc(C(=O)OC(C)(C)CC(C)(C)C)cc1. The van der Waals surface area contributed by atoms with Crippen LogP contribution >= 0.6 is 0 Å². The van der Waals surface area contributed by atoms with Gasteiger partial charge in [0, 0.05) is 0 Å². The van der Waals surface area contributed by atoms with Crippen LogP contribution in [0.25, 0.3) is 6.08 Å². The second-order valence-corrected chi connectivity index (χ2v) is 6.71. The van der Waals surface area contributed by atoms with Crippen LogP contribution in [-0.4, -0.2) is 11.6 Å². The standard InChI is InChI=1S/C17H24O2/c1-7-13-8-10-14(11-9-13)15(18)19-17(5,6)12-16(2,3)4/h7-11H,1,12H2,2-6H3. The highest BCUT2D eigenvalue weighted by Gasteiger charge is 2.29. The topological polar surface area (TPSA) is 26.3 Å². The van der Waals surface area contributed by atoms with Gasteiger partial charge in [-0.25, -0.2) is 4.79 Å². The zero-order valence-corrected chi connectivity index (χ0v) is 12.6. The number of esters is 1. The first kappa shape index (κ1) is 15.5. The Bertz CT molecular complexity index is 447. The monoisotopic (exact) mass is 260 g/mol. The third-order valence-corrected chi connectivity index (χ3v) is 2.71. The van der Waals surface area contributed by atoms with E-state index in [1.165, 1.54) is 0 Å². The molecule has 0 aliphatic heterocycles. The number of hydrogen-bond acceptors (Lipinski definition) is 2. The number of ether oxygens (including phenoxy) is 1. The predicted octanol–water partition coefficient (Wildman–Crippen LogP) is 4.70. The summed E-state index contributed by atoms with van der Waals surface area (Å²) in [5.41, 5.74) is 1.22. The van der Waals surface area contributed by atoms with Crippen LogP contribution in [0.2, 0.25) is 0 Å². The third-order valence-electron chi connectivity index (χ3n) is 2.71. The Morgan fingerprint density at radius 3 is 2.11 bits per heavy atom. The maximum atomic E-state index is 12.1. The van der Waals surface area contributed by atoms with E-state index in [0.717, 1.165) is 12.0 Å². The van der Waals surface area contributed by atoms with Gasteiger partial charge in [-0.2, -0.15) is 0 Å². The Hall–Kier alpha value is -1.57. The molecule has 19 heavy (non-hydrogen) atoms. The fourth-order valence-electron chi connectivity index (χ4n) is 2.38. The van der Waals surface area contributed by atoms with Crippen LogP contribution in [-0.2, 0) is 4.74 Å². The Balaban J connectivity index is 2.75. The third kappa shape index (κ3) is 5.29. The summed E-state index contributed by atoms with van der Waals surface area (Å²) >= 11 is 0. The van der Waals surface area contributed by atoms with Crippen LogP contribution < -0.4 is 0 Å². The van der Waals surface area contributed by atoms with E-state index in [1.807, 2.05) is 26.0 Å². The molecule has 2 nitrogen and oxygen atoms in total. The second kappa shape index (κ2) is 5.60. The van der Waals surface area contributed by atoms with E-state index in [-0.39, 0.29) is 11.4 Å². The number of hydrogen-bond donors (Lipinski definition) is 0. The van der Waals surface area contributed by atoms with Crippen molar-refractivity contribution in [1.82, 2.24) is 0 Å². The molecule has 0 radical (unpaired) electrons. The molecule has 0 bridgehead atoms. The van der Waals surface area contributed by atoms with Gasteiger partial charge >= 0.3 is 5.97 Å². The summed E-state index contributed by atoms with van der Waals surface area (Å²) in [5.74, 6) is -0.273. The Labute approximate surface area is 116 Å². The lowest BCUT2D eigenvalue weighted by atomic mass is 9.83. The first-order valence-corrected chi connectivity index (χ1v) is 6.59. The van der Waals surface area contributed by atoms with Crippen molar-refractivity contribution in [2.24, 2.45) is 5.41 Å². The highest BCUT2D eigenvalue weighted by atomic mass is 16.6. The average molecular weight is 260 g/mol. The van der Waals surface area contributed by atoms with Gasteiger partial charge in [0.1, 0.15) is 5.60 Å². The van der Waals surface area contributed by atoms with E-state index < -0.39 is 5.60 Å². The summed E-state index contributed by atoms with van der Waals surface area (Å²) in [5, 5.41) is 0. The van der Waals surface area contributed by atoms with Crippen LogP contribution in [0.15, 0.2) is 30.8 Å². The second-order valence-electron chi connectivity index (χ2n) is 6.71. The van der Waals surface area contributed by atoms with Crippen molar-refractivity contribution in [1.29, 1.82) is 0 Å². The van der Waals surface area contributed by atoms with Crippen molar-refractivity contribution >= 4 is 12.0 Å². The summed E-state index contributed by atoms with van der Waals surface area (Å²) in [6.45, 7) is 14.0. The van der Waals surface area contributed by atoms with E-state index >= 15 is 0 Å². The Morgan fingerprint density at radius 1 is 1.16 bits per heavy atom. The number of carbonyl (C=O) groups is 1. The van der Waals surface area contributed by atoms with Crippen molar-refractivity contribution in [3.8, 4) is 0 Å². The molecule has 0 saturated carbocycles. The molecule has 0 atom stereocenters. The zero-order chi connectivity index (χ0) is 14.7. The summed E-state index contributed by atoms with van der Waals surface area (Å²) in [7, 11) is 0. The molecule has 0 unspecified atom stereocenters. The van der Waals surface area contributed by atoms with Gasteiger partial charge in [0.15, 0.2) is 0 Å². The molecule has 1 aromatic rings. The molecule has 0 aliphatic carbocycles. The molecule has 0 aromatic heterocycles. The molecule has 1 rings (SSSR count). The zero-order valence-electron chi connectivity index (χ0n) is 12.6. The first-order chi connectivity index (χ1) is 8.63. The molecule has 104 valence electrons. The molecule has 0 saturated heterocycles. The fraction of sp³-hybridized carbons (Fsp3) is 0.471. The van der Waals surface area contributed by atoms with Crippen molar-refractivity contribution in [2.75, 3.05) is 0 Å². The molecule has 0 fully saturated rings. The van der Waals surface area contributed by atoms with E-state index in [4.69, 9.17) is 4.74 Å². The first-order valence-electron chi connectivity index (χ1n) is 6.59. The minimum Gasteiger partial charge on any atom is -0.456 e. The van der Waals surface area contributed by atoms with Gasteiger partial charge < -0.3 is 4.74 Å². The highest BCUT2D eigenvalue weighted by Crippen LogP contribution is 2.30. The molecule has 0 heterocycles. The number of rotatable bonds is 4. The summed E-state index contributed by atoms with van der Waals surface area (Å²) < 4.78 is 5.61. The van der Waals surface area contributed by atoms with E-state index in [9.17, 15) is 4.79 Å². The lowest BCUT2D eigenvalue weighted by Crippen LogP contribution is -2.32. The minimum absolute atomic E-state index is 0.122. The largest absolute Gasteiger partial charge is 0.456 e. The fourth-order valence-corrected chi connectivity index (χ4v) is 2.38. The molecule has 1 aromatic carbocycles. The quantitative estimate of drug-likeness (QED) is 0.733. The Morgan fingerprint density at radius 2 is 1.68 bits per heavy atom. The lowest BCUT2D eigenvalue weighted by Gasteiger charge is -2.32. The van der Waals surface area contributed by atoms with Gasteiger partial charge in [-0.15, -0.1) is 0 Å². The van der Waals surface area contributed by atoms with Crippen molar-refractivity contribution in [2.45, 2.75) is 46.6 Å². The van der Waals surface area contributed by atoms with Crippen LogP contribution in [0.4, 0.5) is 0 Å². The van der Waals surface area contributed by atoms with Gasteiger partial charge in [-0.05, 0) is 43.4 Å². The molecular weight excluding hydrogens is 236 g/mol. The normalized spacial score (nSPS) is 12.1. The van der Waals surface area contributed by atoms with Gasteiger partial charge in [-0.1, -0.05) is 45.6 Å². The maximum absolute atomic E-state index is 12.1. The number of carbonyl (C=O) groups excluding carboxylic acids is 1. The van der Waals surface area contributed by atoms with Gasteiger partial charge in [0.2, 0.25) is 0 Å². The van der Waals surface area contributed by atoms with E-state index in [0.29, 0.717) is 5.56 Å². The minimum atomic E-state index is -0.466. The van der Waals surface area contributed by atoms with E-state index in [1.54, 1.807) is 18.2 Å². The molecule has 2 heteroatoms. The molecular formula is C17H24O2. The Kier molecular flexibility index (Phi) is 4.56. The summed E-state index contributed by atoms with van der Waals surface area (Å²) in [6, 6.07) is 7.26. The van der Waals surface area contributed by atoms with Crippen molar-refractivity contribution < 1.29 is 9.53 Å². The van der Waals surface area contributed by atoms with Gasteiger partial charge in [0.05, 0.1) is 5.56 Å². The van der Waals surface area contributed by atoms with E-state index in [2.05, 4.69) is 27.4 Å². The molecule has 0 aliphatic rings. The van der Waals surface area contributed by atoms with Crippen molar-refractivity contribution in [3.63, 3.8) is 0 Å². The smallest absolute Gasteiger partial charge is 0.338 e. The van der Waals surface area contributed by atoms with Gasteiger partial charge in [0.25, 0.3) is 0 Å². The summed E-state index contributed by atoms with van der Waals surface area (Å²) in [6.07, 6.45) is 2.56. The van der Waals surface area contributed by atoms with Crippen LogP contribution in [0.3, 0.4) is 0 Å². The van der Waals surface area contributed by atoms with Crippen molar-refractivity contribution in [3.05, 3.63) is 42.0 Å². The average Bonchev–Trinajstić information content (AvgIpc) is 2.25. The predicted molar refractivity (Wildman–Crippen MR) is 80.1 cm³/mol. The summed E-state index contributed by atoms with van der Waals surface area (Å²) in [4.78, 5) is 12.1. The van der Waals surface area contributed by atoms with Crippen LogP contribution in [0.1, 0.15) is 57.0 Å². The maximum Gasteiger partial charge on any atom is 0.338 e. The molecule has 0 spiro atoms.